The number of anilines is 1. The van der Waals surface area contributed by atoms with Gasteiger partial charge in [0.05, 0.1) is 6.10 Å². The molecule has 3 heterocycles. The molecule has 2 aliphatic rings. The van der Waals surface area contributed by atoms with Crippen molar-refractivity contribution in [3.05, 3.63) is 59.3 Å². The molecule has 182 valence electrons. The molecule has 0 saturated carbocycles. The van der Waals surface area contributed by atoms with Crippen LogP contribution in [0.2, 0.25) is 0 Å². The van der Waals surface area contributed by atoms with Crippen LogP contribution >= 0.6 is 0 Å². The maximum atomic E-state index is 12.7. The van der Waals surface area contributed by atoms with Gasteiger partial charge in [0, 0.05) is 63.5 Å². The van der Waals surface area contributed by atoms with Gasteiger partial charge < -0.3 is 20.6 Å². The highest BCUT2D eigenvalue weighted by molar-refractivity contribution is 5.94. The number of nitrogens with zero attached hydrogens (tertiary/aromatic N) is 3. The van der Waals surface area contributed by atoms with E-state index in [2.05, 4.69) is 51.7 Å². The zero-order valence-electron chi connectivity index (χ0n) is 20.0. The summed E-state index contributed by atoms with van der Waals surface area (Å²) in [7, 11) is 0. The summed E-state index contributed by atoms with van der Waals surface area (Å²) in [6.07, 6.45) is 3.63. The topological polar surface area (TPSA) is 97.8 Å². The third-order valence-corrected chi connectivity index (χ3v) is 6.89. The van der Waals surface area contributed by atoms with Crippen LogP contribution in [0, 0.1) is 0 Å². The molecule has 1 saturated heterocycles. The standard InChI is InChI=1S/C26H35N5O3/c1-18-13-20-5-3-4-6-22(20)16-31(18)17-24(33)15-28-26(34)21-7-10-27-25(14-21)29-23-8-11-30(12-9-23)19(2)32/h3-7,10,14,18,23-24,33H,8-9,11-13,15-17H2,1-2H3,(H,27,29)(H,28,34)/t18?,24-/m0/s1. The van der Waals surface area contributed by atoms with Gasteiger partial charge in [0.25, 0.3) is 5.91 Å². The molecule has 2 aromatic rings. The second-order valence-electron chi connectivity index (χ2n) is 9.47. The normalized spacial score (nSPS) is 19.9. The molecule has 4 rings (SSSR count). The summed E-state index contributed by atoms with van der Waals surface area (Å²) in [5.41, 5.74) is 3.19. The number of pyridine rings is 1. The number of aliphatic hydroxyl groups is 1. The van der Waals surface area contributed by atoms with Crippen LogP contribution in [0.1, 0.15) is 48.2 Å². The molecule has 34 heavy (non-hydrogen) atoms. The maximum absolute atomic E-state index is 12.7. The Kier molecular flexibility index (Phi) is 7.80. The summed E-state index contributed by atoms with van der Waals surface area (Å²) >= 11 is 0. The van der Waals surface area contributed by atoms with Crippen molar-refractivity contribution in [3.63, 3.8) is 0 Å². The lowest BCUT2D eigenvalue weighted by Crippen LogP contribution is -2.45. The summed E-state index contributed by atoms with van der Waals surface area (Å²) in [5.74, 6) is 0.528. The fourth-order valence-corrected chi connectivity index (χ4v) is 4.82. The van der Waals surface area contributed by atoms with Gasteiger partial charge in [-0.3, -0.25) is 14.5 Å². The third-order valence-electron chi connectivity index (χ3n) is 6.89. The average molecular weight is 466 g/mol. The summed E-state index contributed by atoms with van der Waals surface area (Å²) in [5, 5.41) is 16.8. The number of piperidine rings is 1. The number of carbonyl (C=O) groups is 2. The van der Waals surface area contributed by atoms with E-state index >= 15 is 0 Å². The second kappa shape index (κ2) is 11.0. The quantitative estimate of drug-likeness (QED) is 0.579. The van der Waals surface area contributed by atoms with E-state index in [0.717, 1.165) is 38.9 Å². The van der Waals surface area contributed by atoms with Crippen LogP contribution in [0.5, 0.6) is 0 Å². The minimum atomic E-state index is -0.650. The summed E-state index contributed by atoms with van der Waals surface area (Å²) < 4.78 is 0. The predicted molar refractivity (Wildman–Crippen MR) is 131 cm³/mol. The number of hydrogen-bond acceptors (Lipinski definition) is 6. The van der Waals surface area contributed by atoms with E-state index in [1.165, 1.54) is 11.1 Å². The number of carbonyl (C=O) groups excluding carboxylic acids is 2. The van der Waals surface area contributed by atoms with E-state index in [9.17, 15) is 14.7 Å². The fraction of sp³-hybridized carbons (Fsp3) is 0.500. The van der Waals surface area contributed by atoms with Crippen LogP contribution in [0.4, 0.5) is 5.82 Å². The number of likely N-dealkylation sites (tertiary alicyclic amines) is 1. The Balaban J connectivity index is 1.25. The van der Waals surface area contributed by atoms with E-state index < -0.39 is 6.10 Å². The molecular weight excluding hydrogens is 430 g/mol. The van der Waals surface area contributed by atoms with Gasteiger partial charge in [0.2, 0.25) is 5.91 Å². The first kappa shape index (κ1) is 24.2. The molecule has 1 aromatic heterocycles. The van der Waals surface area contributed by atoms with Gasteiger partial charge in [-0.15, -0.1) is 0 Å². The highest BCUT2D eigenvalue weighted by Crippen LogP contribution is 2.23. The first-order valence-corrected chi connectivity index (χ1v) is 12.1. The lowest BCUT2D eigenvalue weighted by atomic mass is 9.94. The Morgan fingerprint density at radius 2 is 1.91 bits per heavy atom. The minimum Gasteiger partial charge on any atom is -0.390 e. The molecule has 1 fully saturated rings. The number of amides is 2. The van der Waals surface area contributed by atoms with Crippen LogP contribution < -0.4 is 10.6 Å². The first-order chi connectivity index (χ1) is 16.4. The van der Waals surface area contributed by atoms with Crippen molar-refractivity contribution < 1.29 is 14.7 Å². The van der Waals surface area contributed by atoms with Gasteiger partial charge in [0.1, 0.15) is 5.82 Å². The van der Waals surface area contributed by atoms with Gasteiger partial charge >= 0.3 is 0 Å². The van der Waals surface area contributed by atoms with E-state index in [1.54, 1.807) is 25.3 Å². The second-order valence-corrected chi connectivity index (χ2v) is 9.47. The zero-order chi connectivity index (χ0) is 24.1. The molecule has 8 heteroatoms. The van der Waals surface area contributed by atoms with Crippen LogP contribution in [-0.2, 0) is 17.8 Å². The summed E-state index contributed by atoms with van der Waals surface area (Å²) in [6.45, 7) is 6.75. The van der Waals surface area contributed by atoms with Gasteiger partial charge in [-0.1, -0.05) is 24.3 Å². The highest BCUT2D eigenvalue weighted by atomic mass is 16.3. The first-order valence-electron chi connectivity index (χ1n) is 12.1. The highest BCUT2D eigenvalue weighted by Gasteiger charge is 2.25. The Morgan fingerprint density at radius 1 is 1.18 bits per heavy atom. The largest absolute Gasteiger partial charge is 0.390 e. The van der Waals surface area contributed by atoms with Crippen molar-refractivity contribution in [1.82, 2.24) is 20.1 Å². The van der Waals surface area contributed by atoms with Gasteiger partial charge in [-0.05, 0) is 49.4 Å². The van der Waals surface area contributed by atoms with Crippen LogP contribution in [0.25, 0.3) is 0 Å². The Morgan fingerprint density at radius 3 is 2.65 bits per heavy atom. The molecule has 1 aromatic carbocycles. The minimum absolute atomic E-state index is 0.108. The van der Waals surface area contributed by atoms with Gasteiger partial charge in [0.15, 0.2) is 0 Å². The third kappa shape index (κ3) is 6.12. The molecule has 0 aliphatic carbocycles. The SMILES string of the molecule is CC(=O)N1CCC(Nc2cc(C(=O)NC[C@H](O)CN3Cc4ccccc4CC3C)ccn2)CC1. The molecule has 1 unspecified atom stereocenters. The van der Waals surface area contributed by atoms with Crippen LogP contribution in [0.3, 0.4) is 0 Å². The molecule has 3 N–H and O–H groups in total. The van der Waals surface area contributed by atoms with Crippen molar-refractivity contribution in [1.29, 1.82) is 0 Å². The molecule has 2 amide bonds. The number of benzene rings is 1. The van der Waals surface area contributed by atoms with Crippen molar-refractivity contribution in [2.75, 3.05) is 31.5 Å². The van der Waals surface area contributed by atoms with E-state index in [0.29, 0.717) is 24.0 Å². The van der Waals surface area contributed by atoms with E-state index in [-0.39, 0.29) is 24.4 Å². The van der Waals surface area contributed by atoms with Crippen molar-refractivity contribution in [3.8, 4) is 0 Å². The number of hydrogen-bond donors (Lipinski definition) is 3. The monoisotopic (exact) mass is 465 g/mol. The van der Waals surface area contributed by atoms with Crippen LogP contribution in [-0.4, -0.2) is 76.1 Å². The number of fused-ring (bicyclic) bond motifs is 1. The van der Waals surface area contributed by atoms with Gasteiger partial charge in [-0.2, -0.15) is 0 Å². The summed E-state index contributed by atoms with van der Waals surface area (Å²) in [4.78, 5) is 32.7. The molecule has 0 bridgehead atoms. The average Bonchev–Trinajstić information content (AvgIpc) is 2.83. The maximum Gasteiger partial charge on any atom is 0.251 e. The number of nitrogens with one attached hydrogen (secondary N) is 2. The molecule has 2 aliphatic heterocycles. The van der Waals surface area contributed by atoms with Crippen molar-refractivity contribution in [2.45, 2.75) is 57.8 Å². The Labute approximate surface area is 201 Å². The van der Waals surface area contributed by atoms with Crippen molar-refractivity contribution in [2.24, 2.45) is 0 Å². The predicted octanol–water partition coefficient (Wildman–Crippen LogP) is 2.04. The Bertz CT molecular complexity index is 1010. The number of rotatable bonds is 7. The smallest absolute Gasteiger partial charge is 0.251 e. The molecule has 2 atom stereocenters. The molecular formula is C26H35N5O3. The number of aromatic nitrogens is 1. The molecule has 8 nitrogen and oxygen atoms in total. The van der Waals surface area contributed by atoms with E-state index in [1.807, 2.05) is 4.90 Å². The Hall–Kier alpha value is -2.97. The van der Waals surface area contributed by atoms with Gasteiger partial charge in [-0.25, -0.2) is 4.98 Å². The summed E-state index contributed by atoms with van der Waals surface area (Å²) in [6, 6.07) is 12.4. The molecule has 0 spiro atoms. The van der Waals surface area contributed by atoms with Crippen LogP contribution in [0.15, 0.2) is 42.6 Å². The van der Waals surface area contributed by atoms with E-state index in [4.69, 9.17) is 0 Å². The fourth-order valence-electron chi connectivity index (χ4n) is 4.82. The zero-order valence-corrected chi connectivity index (χ0v) is 20.0. The lowest BCUT2D eigenvalue weighted by Gasteiger charge is -2.36. The number of β-amino-alcohol motifs (C(OH)–C–C–N with tert-alkyl or cyclic N) is 1. The lowest BCUT2D eigenvalue weighted by molar-refractivity contribution is -0.129. The molecule has 0 radical (unpaired) electrons. The number of aliphatic hydroxyl groups excluding tert-OH is 1. The van der Waals surface area contributed by atoms with Crippen molar-refractivity contribution >= 4 is 17.6 Å².